The zero-order chi connectivity index (χ0) is 16.1. The highest BCUT2D eigenvalue weighted by Gasteiger charge is 2.28. The van der Waals surface area contributed by atoms with E-state index >= 15 is 0 Å². The van der Waals surface area contributed by atoms with E-state index in [0.29, 0.717) is 29.3 Å². The van der Waals surface area contributed by atoms with E-state index in [1.54, 1.807) is 4.57 Å². The standard InChI is InChI=1S/C15H26N4O2S/c1-4-8-19-14(21)17-18-15(19)22-9-13(20)16-12-7-5-6-10(2)11(12)3/h10-12H,4-9H2,1-3H3,(H,16,20)(H,17,21)/t10-,11+,12+/m1/s1. The van der Waals surface area contributed by atoms with Crippen molar-refractivity contribution in [1.82, 2.24) is 20.1 Å². The summed E-state index contributed by atoms with van der Waals surface area (Å²) in [7, 11) is 0. The monoisotopic (exact) mass is 326 g/mol. The Bertz CT molecular complexity index is 554. The van der Waals surface area contributed by atoms with Gasteiger partial charge in [-0.15, -0.1) is 5.10 Å². The Labute approximate surface area is 135 Å². The molecule has 1 heterocycles. The maximum Gasteiger partial charge on any atom is 0.343 e. The van der Waals surface area contributed by atoms with Crippen LogP contribution in [0.2, 0.25) is 0 Å². The summed E-state index contributed by atoms with van der Waals surface area (Å²) in [5.41, 5.74) is -0.209. The van der Waals surface area contributed by atoms with E-state index in [-0.39, 0.29) is 17.6 Å². The number of carbonyl (C=O) groups excluding carboxylic acids is 1. The van der Waals surface area contributed by atoms with Crippen molar-refractivity contribution < 1.29 is 4.79 Å². The highest BCUT2D eigenvalue weighted by molar-refractivity contribution is 7.99. The van der Waals surface area contributed by atoms with Crippen molar-refractivity contribution in [2.45, 2.75) is 64.2 Å². The zero-order valence-electron chi connectivity index (χ0n) is 13.6. The van der Waals surface area contributed by atoms with Gasteiger partial charge < -0.3 is 5.32 Å². The first-order valence-electron chi connectivity index (χ1n) is 8.10. The molecule has 1 aromatic rings. The van der Waals surface area contributed by atoms with Gasteiger partial charge in [0.05, 0.1) is 5.75 Å². The molecule has 22 heavy (non-hydrogen) atoms. The Morgan fingerprint density at radius 3 is 2.95 bits per heavy atom. The average Bonchev–Trinajstić information content (AvgIpc) is 2.83. The largest absolute Gasteiger partial charge is 0.352 e. The van der Waals surface area contributed by atoms with Crippen LogP contribution in [0.15, 0.2) is 9.95 Å². The molecule has 0 aliphatic heterocycles. The van der Waals surface area contributed by atoms with Crippen LogP contribution in [0.4, 0.5) is 0 Å². The van der Waals surface area contributed by atoms with Crippen LogP contribution in [-0.2, 0) is 11.3 Å². The predicted molar refractivity (Wildman–Crippen MR) is 88.0 cm³/mol. The summed E-state index contributed by atoms with van der Waals surface area (Å²) in [4.78, 5) is 23.8. The summed E-state index contributed by atoms with van der Waals surface area (Å²) in [6, 6.07) is 0.272. The molecule has 1 amide bonds. The number of thioether (sulfide) groups is 1. The van der Waals surface area contributed by atoms with Gasteiger partial charge in [0.1, 0.15) is 0 Å². The molecule has 124 valence electrons. The molecule has 6 nitrogen and oxygen atoms in total. The lowest BCUT2D eigenvalue weighted by Gasteiger charge is -2.34. The third-order valence-corrected chi connectivity index (χ3v) is 5.53. The molecule has 1 aliphatic carbocycles. The van der Waals surface area contributed by atoms with Gasteiger partial charge in [0.25, 0.3) is 0 Å². The Balaban J connectivity index is 1.86. The van der Waals surface area contributed by atoms with Crippen LogP contribution in [0, 0.1) is 11.8 Å². The average molecular weight is 326 g/mol. The quantitative estimate of drug-likeness (QED) is 0.784. The molecule has 0 bridgehead atoms. The normalized spacial score (nSPS) is 25.1. The molecule has 0 unspecified atom stereocenters. The van der Waals surface area contributed by atoms with Crippen molar-refractivity contribution >= 4 is 17.7 Å². The molecular weight excluding hydrogens is 300 g/mol. The first-order valence-corrected chi connectivity index (χ1v) is 9.08. The minimum absolute atomic E-state index is 0.0226. The fourth-order valence-electron chi connectivity index (χ4n) is 3.00. The van der Waals surface area contributed by atoms with Crippen LogP contribution in [0.25, 0.3) is 0 Å². The molecule has 1 saturated carbocycles. The van der Waals surface area contributed by atoms with E-state index in [4.69, 9.17) is 0 Å². The van der Waals surface area contributed by atoms with Gasteiger partial charge in [-0.25, -0.2) is 9.89 Å². The topological polar surface area (TPSA) is 79.8 Å². The van der Waals surface area contributed by atoms with E-state index in [2.05, 4.69) is 29.4 Å². The fraction of sp³-hybridized carbons (Fsp3) is 0.800. The smallest absolute Gasteiger partial charge is 0.343 e. The number of nitrogens with zero attached hydrogens (tertiary/aromatic N) is 2. The Morgan fingerprint density at radius 2 is 2.23 bits per heavy atom. The van der Waals surface area contributed by atoms with Gasteiger partial charge in [0.15, 0.2) is 5.16 Å². The predicted octanol–water partition coefficient (Wildman–Crippen LogP) is 2.01. The number of carbonyl (C=O) groups is 1. The molecule has 1 aromatic heterocycles. The van der Waals surface area contributed by atoms with E-state index in [0.717, 1.165) is 12.8 Å². The lowest BCUT2D eigenvalue weighted by atomic mass is 9.78. The number of aromatic nitrogens is 3. The van der Waals surface area contributed by atoms with Gasteiger partial charge in [-0.3, -0.25) is 9.36 Å². The number of rotatable bonds is 6. The second kappa shape index (κ2) is 7.85. The van der Waals surface area contributed by atoms with Crippen molar-refractivity contribution in [3.8, 4) is 0 Å². The Kier molecular flexibility index (Phi) is 6.11. The number of amides is 1. The maximum absolute atomic E-state index is 12.2. The molecule has 7 heteroatoms. The van der Waals surface area contributed by atoms with Crippen molar-refractivity contribution in [1.29, 1.82) is 0 Å². The molecule has 2 N–H and O–H groups in total. The fourth-order valence-corrected chi connectivity index (χ4v) is 3.78. The van der Waals surface area contributed by atoms with Crippen LogP contribution in [-0.4, -0.2) is 32.5 Å². The summed E-state index contributed by atoms with van der Waals surface area (Å²) in [6.07, 6.45) is 4.35. The van der Waals surface area contributed by atoms with Crippen molar-refractivity contribution in [3.05, 3.63) is 10.5 Å². The van der Waals surface area contributed by atoms with Crippen molar-refractivity contribution in [2.75, 3.05) is 5.75 Å². The first kappa shape index (κ1) is 17.1. The summed E-state index contributed by atoms with van der Waals surface area (Å²) in [6.45, 7) is 7.10. The minimum Gasteiger partial charge on any atom is -0.352 e. The van der Waals surface area contributed by atoms with Gasteiger partial charge in [0.2, 0.25) is 5.91 Å². The van der Waals surface area contributed by atoms with E-state index in [9.17, 15) is 9.59 Å². The third kappa shape index (κ3) is 4.15. The van der Waals surface area contributed by atoms with Crippen LogP contribution in [0.5, 0.6) is 0 Å². The molecule has 1 aliphatic rings. The summed E-state index contributed by atoms with van der Waals surface area (Å²) in [5.74, 6) is 1.50. The van der Waals surface area contributed by atoms with E-state index in [1.807, 2.05) is 6.92 Å². The molecular formula is C15H26N4O2S. The number of nitrogens with one attached hydrogen (secondary N) is 2. The first-order chi connectivity index (χ1) is 10.5. The van der Waals surface area contributed by atoms with Crippen molar-refractivity contribution in [3.63, 3.8) is 0 Å². The van der Waals surface area contributed by atoms with E-state index in [1.165, 1.54) is 24.6 Å². The van der Waals surface area contributed by atoms with Gasteiger partial charge in [-0.05, 0) is 24.7 Å². The second-order valence-corrected chi connectivity index (χ2v) is 7.14. The molecule has 3 atom stereocenters. The SMILES string of the molecule is CCCn1c(SCC(=O)N[C@H]2CCC[C@@H](C)[C@@H]2C)n[nH]c1=O. The third-order valence-electron chi connectivity index (χ3n) is 4.56. The summed E-state index contributed by atoms with van der Waals surface area (Å²) < 4.78 is 1.59. The molecule has 0 aromatic carbocycles. The van der Waals surface area contributed by atoms with Gasteiger partial charge in [-0.1, -0.05) is 45.4 Å². The van der Waals surface area contributed by atoms with Crippen LogP contribution < -0.4 is 11.0 Å². The maximum atomic E-state index is 12.2. The molecule has 1 fully saturated rings. The van der Waals surface area contributed by atoms with Gasteiger partial charge >= 0.3 is 5.69 Å². The van der Waals surface area contributed by atoms with Gasteiger partial charge in [0, 0.05) is 12.6 Å². The molecule has 2 rings (SSSR count). The number of hydrogen-bond acceptors (Lipinski definition) is 4. The van der Waals surface area contributed by atoms with Crippen LogP contribution in [0.3, 0.4) is 0 Å². The van der Waals surface area contributed by atoms with Crippen molar-refractivity contribution in [2.24, 2.45) is 11.8 Å². The summed E-state index contributed by atoms with van der Waals surface area (Å²) >= 11 is 1.32. The van der Waals surface area contributed by atoms with Crippen LogP contribution >= 0.6 is 11.8 Å². The second-order valence-electron chi connectivity index (χ2n) is 6.19. The highest BCUT2D eigenvalue weighted by atomic mass is 32.2. The summed E-state index contributed by atoms with van der Waals surface area (Å²) in [5, 5.41) is 10.2. The molecule has 0 spiro atoms. The lowest BCUT2D eigenvalue weighted by molar-refractivity contribution is -0.120. The number of aromatic amines is 1. The highest BCUT2D eigenvalue weighted by Crippen LogP contribution is 2.29. The Morgan fingerprint density at radius 1 is 1.45 bits per heavy atom. The molecule has 0 saturated heterocycles. The lowest BCUT2D eigenvalue weighted by Crippen LogP contribution is -2.44. The van der Waals surface area contributed by atoms with E-state index < -0.39 is 0 Å². The number of hydrogen-bond donors (Lipinski definition) is 2. The zero-order valence-corrected chi connectivity index (χ0v) is 14.4. The molecule has 0 radical (unpaired) electrons. The minimum atomic E-state index is -0.209. The van der Waals surface area contributed by atoms with Gasteiger partial charge in [-0.2, -0.15) is 0 Å². The number of H-pyrrole nitrogens is 1. The Hall–Kier alpha value is -1.24. The van der Waals surface area contributed by atoms with Crippen LogP contribution in [0.1, 0.15) is 46.5 Å².